The lowest BCUT2D eigenvalue weighted by Crippen LogP contribution is -2.23. The molecule has 2 N–H and O–H groups in total. The van der Waals surface area contributed by atoms with Crippen molar-refractivity contribution in [2.45, 2.75) is 18.9 Å². The maximum Gasteiger partial charge on any atom is 0.332 e. The summed E-state index contributed by atoms with van der Waals surface area (Å²) in [6.07, 6.45) is -1.20. The lowest BCUT2D eigenvalue weighted by molar-refractivity contribution is -0.149. The number of methoxy groups -OCH3 is 1. The fraction of sp³-hybridized carbons (Fsp3) is 0.667. The van der Waals surface area contributed by atoms with Crippen LogP contribution >= 0.6 is 0 Å². The molecule has 0 saturated carbocycles. The van der Waals surface area contributed by atoms with Crippen molar-refractivity contribution in [2.75, 3.05) is 7.11 Å². The molecule has 11 heavy (non-hydrogen) atoms. The molecule has 0 fully saturated rings. The zero-order chi connectivity index (χ0) is 8.85. The molecule has 0 aromatic heterocycles. The number of aliphatic carboxylic acids is 2. The Morgan fingerprint density at radius 3 is 2.27 bits per heavy atom. The van der Waals surface area contributed by atoms with Crippen molar-refractivity contribution in [3.8, 4) is 0 Å². The number of ether oxygens (including phenoxy) is 1. The molecule has 0 aliphatic heterocycles. The van der Waals surface area contributed by atoms with E-state index in [0.29, 0.717) is 0 Å². The molecule has 1 atom stereocenters. The van der Waals surface area contributed by atoms with Gasteiger partial charge in [0.15, 0.2) is 6.10 Å². The number of rotatable bonds is 5. The second-order valence-electron chi connectivity index (χ2n) is 1.99. The standard InChI is InChI=1S/C6H10O5/c1-11-4(6(9)10)2-3-5(7)8/h4H,2-3H2,1H3,(H,7,8)(H,9,10). The van der Waals surface area contributed by atoms with Crippen LogP contribution in [-0.4, -0.2) is 35.4 Å². The highest BCUT2D eigenvalue weighted by Gasteiger charge is 2.16. The molecule has 0 spiro atoms. The molecule has 5 heteroatoms. The molecule has 0 amide bonds. The molecule has 5 nitrogen and oxygen atoms in total. The highest BCUT2D eigenvalue weighted by atomic mass is 16.5. The Kier molecular flexibility index (Phi) is 4.21. The molecule has 0 aliphatic carbocycles. The van der Waals surface area contributed by atoms with Crippen LogP contribution in [0.25, 0.3) is 0 Å². The molecular formula is C6H10O5. The normalized spacial score (nSPS) is 12.5. The van der Waals surface area contributed by atoms with Gasteiger partial charge in [0.05, 0.1) is 0 Å². The molecule has 0 bridgehead atoms. The first-order chi connectivity index (χ1) is 5.07. The summed E-state index contributed by atoms with van der Waals surface area (Å²) in [5.41, 5.74) is 0. The first-order valence-corrected chi connectivity index (χ1v) is 3.05. The van der Waals surface area contributed by atoms with Crippen molar-refractivity contribution < 1.29 is 24.5 Å². The van der Waals surface area contributed by atoms with Crippen LogP contribution in [0, 0.1) is 0 Å². The third kappa shape index (κ3) is 4.32. The number of hydrogen-bond donors (Lipinski definition) is 2. The van der Waals surface area contributed by atoms with Gasteiger partial charge in [-0.15, -0.1) is 0 Å². The van der Waals surface area contributed by atoms with Crippen LogP contribution in [0.15, 0.2) is 0 Å². The summed E-state index contributed by atoms with van der Waals surface area (Å²) in [6, 6.07) is 0. The predicted octanol–water partition coefficient (Wildman–Crippen LogP) is -0.0492. The fourth-order valence-corrected chi connectivity index (χ4v) is 0.597. The van der Waals surface area contributed by atoms with Gasteiger partial charge in [0.2, 0.25) is 0 Å². The zero-order valence-electron chi connectivity index (χ0n) is 6.11. The summed E-state index contributed by atoms with van der Waals surface area (Å²) in [4.78, 5) is 20.2. The fourth-order valence-electron chi connectivity index (χ4n) is 0.597. The molecule has 64 valence electrons. The van der Waals surface area contributed by atoms with E-state index < -0.39 is 18.0 Å². The van der Waals surface area contributed by atoms with Crippen LogP contribution in [0.1, 0.15) is 12.8 Å². The molecule has 0 aromatic rings. The summed E-state index contributed by atoms with van der Waals surface area (Å²) in [5, 5.41) is 16.6. The van der Waals surface area contributed by atoms with Crippen LogP contribution in [0.2, 0.25) is 0 Å². The number of carbonyl (C=O) groups is 2. The van der Waals surface area contributed by atoms with E-state index in [0.717, 1.165) is 0 Å². The van der Waals surface area contributed by atoms with Gasteiger partial charge in [0.1, 0.15) is 0 Å². The van der Waals surface area contributed by atoms with E-state index in [1.807, 2.05) is 0 Å². The first kappa shape index (κ1) is 9.90. The minimum atomic E-state index is -1.13. The summed E-state index contributed by atoms with van der Waals surface area (Å²) in [5.74, 6) is -2.15. The van der Waals surface area contributed by atoms with Crippen molar-refractivity contribution >= 4 is 11.9 Å². The molecule has 0 rings (SSSR count). The highest BCUT2D eigenvalue weighted by molar-refractivity contribution is 5.74. The molecule has 0 heterocycles. The quantitative estimate of drug-likeness (QED) is 0.592. The molecule has 0 aliphatic rings. The van der Waals surface area contributed by atoms with Gasteiger partial charge in [-0.05, 0) is 6.42 Å². The van der Waals surface area contributed by atoms with E-state index in [-0.39, 0.29) is 12.8 Å². The molecular weight excluding hydrogens is 152 g/mol. The molecule has 0 radical (unpaired) electrons. The number of hydrogen-bond acceptors (Lipinski definition) is 3. The average Bonchev–Trinajstić information content (AvgIpc) is 1.87. The zero-order valence-corrected chi connectivity index (χ0v) is 6.11. The summed E-state index contributed by atoms with van der Waals surface area (Å²) in [6.45, 7) is 0. The van der Waals surface area contributed by atoms with Crippen molar-refractivity contribution in [1.82, 2.24) is 0 Å². The summed E-state index contributed by atoms with van der Waals surface area (Å²) >= 11 is 0. The van der Waals surface area contributed by atoms with Crippen LogP contribution in [-0.2, 0) is 14.3 Å². The minimum absolute atomic E-state index is 0.00116. The van der Waals surface area contributed by atoms with Crippen molar-refractivity contribution in [3.05, 3.63) is 0 Å². The monoisotopic (exact) mass is 162 g/mol. The van der Waals surface area contributed by atoms with Crippen molar-refractivity contribution in [1.29, 1.82) is 0 Å². The summed E-state index contributed by atoms with van der Waals surface area (Å²) in [7, 11) is 1.24. The Labute approximate surface area is 63.6 Å². The van der Waals surface area contributed by atoms with Crippen LogP contribution in [0.4, 0.5) is 0 Å². The Morgan fingerprint density at radius 2 is 2.00 bits per heavy atom. The maximum absolute atomic E-state index is 10.2. The second-order valence-corrected chi connectivity index (χ2v) is 1.99. The second kappa shape index (κ2) is 4.68. The van der Waals surface area contributed by atoms with E-state index >= 15 is 0 Å². The largest absolute Gasteiger partial charge is 0.481 e. The van der Waals surface area contributed by atoms with Crippen LogP contribution < -0.4 is 0 Å². The van der Waals surface area contributed by atoms with Gasteiger partial charge in [0, 0.05) is 13.5 Å². The molecule has 0 aromatic carbocycles. The van der Waals surface area contributed by atoms with E-state index in [1.54, 1.807) is 0 Å². The van der Waals surface area contributed by atoms with Crippen molar-refractivity contribution in [3.63, 3.8) is 0 Å². The van der Waals surface area contributed by atoms with Gasteiger partial charge < -0.3 is 14.9 Å². The highest BCUT2D eigenvalue weighted by Crippen LogP contribution is 2.00. The summed E-state index contributed by atoms with van der Waals surface area (Å²) < 4.78 is 4.50. The predicted molar refractivity (Wildman–Crippen MR) is 35.3 cm³/mol. The minimum Gasteiger partial charge on any atom is -0.481 e. The van der Waals surface area contributed by atoms with Crippen molar-refractivity contribution in [2.24, 2.45) is 0 Å². The van der Waals surface area contributed by atoms with Crippen LogP contribution in [0.3, 0.4) is 0 Å². The molecule has 0 saturated heterocycles. The SMILES string of the molecule is COC(CCC(=O)O)C(=O)O. The third-order valence-electron chi connectivity index (χ3n) is 1.18. The number of carboxylic acids is 2. The van der Waals surface area contributed by atoms with Gasteiger partial charge in [0.25, 0.3) is 0 Å². The average molecular weight is 162 g/mol. The third-order valence-corrected chi connectivity index (χ3v) is 1.18. The van der Waals surface area contributed by atoms with Gasteiger partial charge >= 0.3 is 11.9 Å². The Balaban J connectivity index is 3.70. The lowest BCUT2D eigenvalue weighted by Gasteiger charge is -2.07. The maximum atomic E-state index is 10.2. The van der Waals surface area contributed by atoms with Gasteiger partial charge in [-0.1, -0.05) is 0 Å². The van der Waals surface area contributed by atoms with Gasteiger partial charge in [-0.2, -0.15) is 0 Å². The smallest absolute Gasteiger partial charge is 0.332 e. The van der Waals surface area contributed by atoms with Crippen LogP contribution in [0.5, 0.6) is 0 Å². The number of carboxylic acid groups (broad SMARTS) is 2. The Morgan fingerprint density at radius 1 is 1.45 bits per heavy atom. The van der Waals surface area contributed by atoms with E-state index in [2.05, 4.69) is 4.74 Å². The van der Waals surface area contributed by atoms with E-state index in [1.165, 1.54) is 7.11 Å². The molecule has 1 unspecified atom stereocenters. The lowest BCUT2D eigenvalue weighted by atomic mass is 10.2. The van der Waals surface area contributed by atoms with E-state index in [9.17, 15) is 9.59 Å². The first-order valence-electron chi connectivity index (χ1n) is 3.05. The van der Waals surface area contributed by atoms with E-state index in [4.69, 9.17) is 10.2 Å². The van der Waals surface area contributed by atoms with Gasteiger partial charge in [-0.25, -0.2) is 4.79 Å². The Hall–Kier alpha value is -1.10. The van der Waals surface area contributed by atoms with Gasteiger partial charge in [-0.3, -0.25) is 4.79 Å². The topological polar surface area (TPSA) is 83.8 Å². The Bertz CT molecular complexity index is 153.